The van der Waals surface area contributed by atoms with Crippen molar-refractivity contribution in [1.29, 1.82) is 0 Å². The second-order valence-corrected chi connectivity index (χ2v) is 8.59. The molecule has 1 N–H and O–H groups in total. The molecule has 0 aliphatic carbocycles. The Morgan fingerprint density at radius 1 is 1.32 bits per heavy atom. The van der Waals surface area contributed by atoms with Crippen molar-refractivity contribution in [2.24, 2.45) is 11.3 Å². The minimum atomic E-state index is -0.451. The number of carbonyl (C=O) groups is 1. The lowest BCUT2D eigenvalue weighted by Crippen LogP contribution is -2.53. The number of hydrogen-bond acceptors (Lipinski definition) is 4. The zero-order chi connectivity index (χ0) is 20.1. The van der Waals surface area contributed by atoms with E-state index in [1.54, 1.807) is 0 Å². The third-order valence-electron chi connectivity index (χ3n) is 5.52. The number of aromatic nitrogens is 1. The van der Waals surface area contributed by atoms with E-state index in [-0.39, 0.29) is 5.91 Å². The number of rotatable bonds is 7. The summed E-state index contributed by atoms with van der Waals surface area (Å²) in [6.07, 6.45) is 2.50. The smallest absolute Gasteiger partial charge is 0.227 e. The summed E-state index contributed by atoms with van der Waals surface area (Å²) in [6.45, 7) is 12.0. The maximum Gasteiger partial charge on any atom is 0.227 e. The summed E-state index contributed by atoms with van der Waals surface area (Å²) in [5.41, 5.74) is 2.64. The average molecular weight is 384 g/mol. The third-order valence-corrected chi connectivity index (χ3v) is 5.52. The zero-order valence-corrected chi connectivity index (χ0v) is 17.6. The lowest BCUT2D eigenvalue weighted by molar-refractivity contribution is -0.134. The van der Waals surface area contributed by atoms with Crippen LogP contribution >= 0.6 is 0 Å². The predicted octanol–water partition coefficient (Wildman–Crippen LogP) is 4.07. The van der Waals surface area contributed by atoms with Crippen molar-refractivity contribution in [1.82, 2.24) is 15.4 Å². The van der Waals surface area contributed by atoms with E-state index >= 15 is 0 Å². The summed E-state index contributed by atoms with van der Waals surface area (Å²) in [4.78, 5) is 15.5. The van der Waals surface area contributed by atoms with Crippen LogP contribution in [-0.4, -0.2) is 42.1 Å². The molecule has 1 unspecified atom stereocenters. The van der Waals surface area contributed by atoms with E-state index in [0.717, 1.165) is 49.5 Å². The fourth-order valence-electron chi connectivity index (χ4n) is 4.25. The van der Waals surface area contributed by atoms with Gasteiger partial charge in [-0.05, 0) is 39.2 Å². The van der Waals surface area contributed by atoms with Gasteiger partial charge in [-0.1, -0.05) is 48.8 Å². The molecule has 152 valence electrons. The summed E-state index contributed by atoms with van der Waals surface area (Å²) in [5.74, 6) is 1.51. The maximum atomic E-state index is 13.1. The van der Waals surface area contributed by atoms with Crippen LogP contribution in [0.2, 0.25) is 0 Å². The summed E-state index contributed by atoms with van der Waals surface area (Å²) in [5, 5.41) is 7.33. The molecule has 0 spiro atoms. The molecule has 2 aromatic rings. The van der Waals surface area contributed by atoms with Crippen LogP contribution in [0, 0.1) is 18.3 Å². The topological polar surface area (TPSA) is 58.4 Å². The van der Waals surface area contributed by atoms with E-state index in [1.165, 1.54) is 5.56 Å². The molecule has 1 aliphatic rings. The summed E-state index contributed by atoms with van der Waals surface area (Å²) < 4.78 is 5.67. The largest absolute Gasteiger partial charge is 0.361 e. The van der Waals surface area contributed by atoms with Crippen molar-refractivity contribution in [3.63, 3.8) is 0 Å². The monoisotopic (exact) mass is 383 g/mol. The number of likely N-dealkylation sites (tertiary alicyclic amines) is 1. The van der Waals surface area contributed by atoms with Crippen LogP contribution in [-0.2, 0) is 11.2 Å². The molecule has 1 aliphatic heterocycles. The zero-order valence-electron chi connectivity index (χ0n) is 17.6. The first kappa shape index (κ1) is 20.6. The van der Waals surface area contributed by atoms with Crippen molar-refractivity contribution in [2.75, 3.05) is 26.2 Å². The number of hydrogen-bond donors (Lipinski definition) is 1. The van der Waals surface area contributed by atoms with Crippen LogP contribution in [0.3, 0.4) is 0 Å². The van der Waals surface area contributed by atoms with E-state index in [2.05, 4.69) is 60.4 Å². The Morgan fingerprint density at radius 2 is 2.07 bits per heavy atom. The SMILES string of the molecule is CCNC(=O)C1(Cc2cc(-c3ccc(C)cc3)no2)CCCN(CC(C)C)C1. The number of nitrogens with one attached hydrogen (secondary N) is 1. The first-order valence-electron chi connectivity index (χ1n) is 10.4. The molecular weight excluding hydrogens is 350 g/mol. The molecule has 1 amide bonds. The second kappa shape index (κ2) is 8.91. The molecular formula is C23H33N3O2. The van der Waals surface area contributed by atoms with Crippen LogP contribution < -0.4 is 5.32 Å². The standard InChI is InChI=1S/C23H33N3O2/c1-5-24-22(27)23(11-6-12-26(16-23)15-17(2)3)14-20-13-21(25-28-20)19-9-7-18(4)8-10-19/h7-10,13,17H,5-6,11-12,14-16H2,1-4H3,(H,24,27). The molecule has 5 heteroatoms. The van der Waals surface area contributed by atoms with Gasteiger partial charge in [0.15, 0.2) is 0 Å². The van der Waals surface area contributed by atoms with Gasteiger partial charge >= 0.3 is 0 Å². The van der Waals surface area contributed by atoms with Crippen molar-refractivity contribution in [3.05, 3.63) is 41.7 Å². The van der Waals surface area contributed by atoms with Crippen LogP contribution in [0.25, 0.3) is 11.3 Å². The number of piperidine rings is 1. The van der Waals surface area contributed by atoms with Crippen molar-refractivity contribution < 1.29 is 9.32 Å². The van der Waals surface area contributed by atoms with Gasteiger partial charge in [-0.3, -0.25) is 4.79 Å². The lowest BCUT2D eigenvalue weighted by Gasteiger charge is -2.41. The highest BCUT2D eigenvalue weighted by atomic mass is 16.5. The van der Waals surface area contributed by atoms with Gasteiger partial charge in [-0.15, -0.1) is 0 Å². The molecule has 1 atom stereocenters. The van der Waals surface area contributed by atoms with Crippen LogP contribution in [0.5, 0.6) is 0 Å². The number of benzene rings is 1. The quantitative estimate of drug-likeness (QED) is 0.783. The predicted molar refractivity (Wildman–Crippen MR) is 112 cm³/mol. The van der Waals surface area contributed by atoms with Crippen molar-refractivity contribution in [3.8, 4) is 11.3 Å². The summed E-state index contributed by atoms with van der Waals surface area (Å²) in [6, 6.07) is 10.3. The van der Waals surface area contributed by atoms with Gasteiger partial charge in [0, 0.05) is 37.7 Å². The molecule has 0 saturated carbocycles. The number of aryl methyl sites for hydroxylation is 1. The maximum absolute atomic E-state index is 13.1. The lowest BCUT2D eigenvalue weighted by atomic mass is 9.75. The first-order chi connectivity index (χ1) is 13.4. The van der Waals surface area contributed by atoms with E-state index in [0.29, 0.717) is 18.9 Å². The molecule has 5 nitrogen and oxygen atoms in total. The van der Waals surface area contributed by atoms with E-state index in [4.69, 9.17) is 4.52 Å². The fraction of sp³-hybridized carbons (Fsp3) is 0.565. The molecule has 1 aromatic heterocycles. The Balaban J connectivity index is 1.82. The van der Waals surface area contributed by atoms with Gasteiger partial charge < -0.3 is 14.7 Å². The van der Waals surface area contributed by atoms with Gasteiger partial charge in [0.05, 0.1) is 5.41 Å². The van der Waals surface area contributed by atoms with Gasteiger partial charge in [-0.25, -0.2) is 0 Å². The molecule has 28 heavy (non-hydrogen) atoms. The minimum Gasteiger partial charge on any atom is -0.361 e. The van der Waals surface area contributed by atoms with E-state index < -0.39 is 5.41 Å². The molecule has 0 bridgehead atoms. The second-order valence-electron chi connectivity index (χ2n) is 8.59. The Labute approximate surface area is 168 Å². The molecule has 1 aromatic carbocycles. The van der Waals surface area contributed by atoms with E-state index in [1.807, 2.05) is 13.0 Å². The Kier molecular flexibility index (Phi) is 6.55. The van der Waals surface area contributed by atoms with Crippen LogP contribution in [0.1, 0.15) is 44.9 Å². The molecule has 2 heterocycles. The Morgan fingerprint density at radius 3 is 2.75 bits per heavy atom. The van der Waals surface area contributed by atoms with Gasteiger partial charge in [-0.2, -0.15) is 0 Å². The highest BCUT2D eigenvalue weighted by Crippen LogP contribution is 2.35. The molecule has 1 saturated heterocycles. The third kappa shape index (κ3) is 4.82. The van der Waals surface area contributed by atoms with Crippen molar-refractivity contribution >= 4 is 5.91 Å². The molecule has 3 rings (SSSR count). The number of nitrogens with zero attached hydrogens (tertiary/aromatic N) is 2. The van der Waals surface area contributed by atoms with Gasteiger partial charge in [0.25, 0.3) is 0 Å². The molecule has 1 fully saturated rings. The van der Waals surface area contributed by atoms with Gasteiger partial charge in [0.2, 0.25) is 5.91 Å². The Hall–Kier alpha value is -2.14. The fourth-order valence-corrected chi connectivity index (χ4v) is 4.25. The minimum absolute atomic E-state index is 0.136. The van der Waals surface area contributed by atoms with E-state index in [9.17, 15) is 4.79 Å². The highest BCUT2D eigenvalue weighted by Gasteiger charge is 2.43. The number of amides is 1. The van der Waals surface area contributed by atoms with Crippen molar-refractivity contribution in [2.45, 2.75) is 47.0 Å². The summed E-state index contributed by atoms with van der Waals surface area (Å²) in [7, 11) is 0. The summed E-state index contributed by atoms with van der Waals surface area (Å²) >= 11 is 0. The normalized spacial score (nSPS) is 20.5. The highest BCUT2D eigenvalue weighted by molar-refractivity contribution is 5.83. The van der Waals surface area contributed by atoms with Crippen LogP contribution in [0.15, 0.2) is 34.9 Å². The number of carbonyl (C=O) groups excluding carboxylic acids is 1. The average Bonchev–Trinajstić information content (AvgIpc) is 3.10. The molecule has 0 radical (unpaired) electrons. The first-order valence-corrected chi connectivity index (χ1v) is 10.4. The Bertz CT molecular complexity index is 781. The van der Waals surface area contributed by atoms with Gasteiger partial charge in [0.1, 0.15) is 11.5 Å². The van der Waals surface area contributed by atoms with Crippen LogP contribution in [0.4, 0.5) is 0 Å².